The van der Waals surface area contributed by atoms with Crippen LogP contribution >= 0.6 is 22.9 Å². The van der Waals surface area contributed by atoms with Crippen molar-refractivity contribution < 1.29 is 4.79 Å². The highest BCUT2D eigenvalue weighted by Crippen LogP contribution is 2.61. The van der Waals surface area contributed by atoms with Crippen LogP contribution in [-0.4, -0.2) is 5.78 Å². The summed E-state index contributed by atoms with van der Waals surface area (Å²) in [6, 6.07) is 1.85. The lowest BCUT2D eigenvalue weighted by atomic mass is 9.48. The molecular weight excluding hydrogens is 276 g/mol. The molecule has 0 unspecified atom stereocenters. The molecule has 5 rings (SSSR count). The van der Waals surface area contributed by atoms with E-state index in [9.17, 15) is 4.79 Å². The van der Waals surface area contributed by atoms with Gasteiger partial charge in [-0.15, -0.1) is 11.3 Å². The molecule has 0 amide bonds. The molecule has 0 aromatic carbocycles. The molecule has 4 aliphatic rings. The summed E-state index contributed by atoms with van der Waals surface area (Å²) in [7, 11) is 0. The van der Waals surface area contributed by atoms with Crippen molar-refractivity contribution in [1.29, 1.82) is 0 Å². The maximum Gasteiger partial charge on any atom is 0.174 e. The Bertz CT molecular complexity index is 483. The maximum atomic E-state index is 12.5. The number of carbonyl (C=O) groups is 1. The van der Waals surface area contributed by atoms with E-state index < -0.39 is 0 Å². The lowest BCUT2D eigenvalue weighted by molar-refractivity contribution is -0.0523. The molecule has 0 aliphatic heterocycles. The third-order valence-corrected chi connectivity index (χ3v) is 6.95. The fraction of sp³-hybridized carbons (Fsp3) is 0.688. The van der Waals surface area contributed by atoms with Crippen molar-refractivity contribution in [1.82, 2.24) is 0 Å². The maximum absolute atomic E-state index is 12.5. The molecule has 4 saturated carbocycles. The molecule has 4 bridgehead atoms. The second kappa shape index (κ2) is 4.33. The summed E-state index contributed by atoms with van der Waals surface area (Å²) in [6.45, 7) is 0. The van der Waals surface area contributed by atoms with E-state index in [4.69, 9.17) is 11.6 Å². The smallest absolute Gasteiger partial charge is 0.174 e. The SMILES string of the molecule is O=C(CC12CC3CC(CC(C3)C1)C2)c1sccc1Cl. The van der Waals surface area contributed by atoms with Gasteiger partial charge in [0, 0.05) is 6.42 Å². The average molecular weight is 295 g/mol. The van der Waals surface area contributed by atoms with Crippen molar-refractivity contribution in [2.45, 2.75) is 44.9 Å². The van der Waals surface area contributed by atoms with Crippen molar-refractivity contribution in [3.05, 3.63) is 21.3 Å². The van der Waals surface area contributed by atoms with E-state index in [0.717, 1.165) is 29.1 Å². The summed E-state index contributed by atoms with van der Waals surface area (Å²) in [5.74, 6) is 3.04. The van der Waals surface area contributed by atoms with Crippen LogP contribution in [0.4, 0.5) is 0 Å². The Hall–Kier alpha value is -0.340. The monoisotopic (exact) mass is 294 g/mol. The van der Waals surface area contributed by atoms with Gasteiger partial charge in [0.05, 0.1) is 9.90 Å². The third-order valence-electron chi connectivity index (χ3n) is 5.57. The second-order valence-corrected chi connectivity index (χ2v) is 8.44. The number of Topliss-reactive ketones (excluding diaryl/α,β-unsaturated/α-hetero) is 1. The lowest BCUT2D eigenvalue weighted by Gasteiger charge is -2.56. The topological polar surface area (TPSA) is 17.1 Å². The standard InChI is InChI=1S/C16H19ClOS/c17-13-1-2-19-15(13)14(18)9-16-6-10-3-11(7-16)5-12(4-10)8-16/h1-2,10-12H,3-9H2. The third kappa shape index (κ3) is 2.08. The first-order valence-electron chi connectivity index (χ1n) is 7.40. The van der Waals surface area contributed by atoms with Crippen molar-refractivity contribution in [3.63, 3.8) is 0 Å². The summed E-state index contributed by atoms with van der Waals surface area (Å²) >= 11 is 7.62. The number of thiophene rings is 1. The molecule has 3 heteroatoms. The fourth-order valence-electron chi connectivity index (χ4n) is 5.42. The van der Waals surface area contributed by atoms with E-state index in [-0.39, 0.29) is 0 Å². The molecular formula is C16H19ClOS. The molecule has 0 spiro atoms. The number of hydrogen-bond donors (Lipinski definition) is 0. The summed E-state index contributed by atoms with van der Waals surface area (Å²) in [4.78, 5) is 13.3. The summed E-state index contributed by atoms with van der Waals surface area (Å²) in [6.07, 6.45) is 8.96. The van der Waals surface area contributed by atoms with Crippen LogP contribution in [0.2, 0.25) is 5.02 Å². The van der Waals surface area contributed by atoms with Gasteiger partial charge in [-0.1, -0.05) is 11.6 Å². The fourth-order valence-corrected chi connectivity index (χ4v) is 6.52. The van der Waals surface area contributed by atoms with Gasteiger partial charge in [0.25, 0.3) is 0 Å². The molecule has 1 aromatic heterocycles. The number of carbonyl (C=O) groups excluding carboxylic acids is 1. The summed E-state index contributed by atoms with van der Waals surface area (Å²) in [5, 5.41) is 2.58. The molecule has 0 radical (unpaired) electrons. The van der Waals surface area contributed by atoms with Gasteiger partial charge in [-0.2, -0.15) is 0 Å². The van der Waals surface area contributed by atoms with E-state index in [2.05, 4.69) is 0 Å². The van der Waals surface area contributed by atoms with Crippen LogP contribution < -0.4 is 0 Å². The molecule has 0 saturated heterocycles. The van der Waals surface area contributed by atoms with Gasteiger partial charge >= 0.3 is 0 Å². The first kappa shape index (κ1) is 12.4. The molecule has 102 valence electrons. The minimum Gasteiger partial charge on any atom is -0.293 e. The molecule has 0 atom stereocenters. The molecule has 4 aliphatic carbocycles. The van der Waals surface area contributed by atoms with Crippen molar-refractivity contribution in [3.8, 4) is 0 Å². The summed E-state index contributed by atoms with van der Waals surface area (Å²) < 4.78 is 0. The van der Waals surface area contributed by atoms with E-state index in [0.29, 0.717) is 16.2 Å². The molecule has 0 N–H and O–H groups in total. The van der Waals surface area contributed by atoms with E-state index in [1.807, 2.05) is 11.4 Å². The van der Waals surface area contributed by atoms with Crippen LogP contribution in [0.5, 0.6) is 0 Å². The number of rotatable bonds is 3. The van der Waals surface area contributed by atoms with Gasteiger partial charge in [0.2, 0.25) is 0 Å². The van der Waals surface area contributed by atoms with Crippen LogP contribution in [0, 0.1) is 23.2 Å². The van der Waals surface area contributed by atoms with Gasteiger partial charge < -0.3 is 0 Å². The highest BCUT2D eigenvalue weighted by molar-refractivity contribution is 7.12. The van der Waals surface area contributed by atoms with Gasteiger partial charge in [-0.25, -0.2) is 0 Å². The van der Waals surface area contributed by atoms with E-state index in [1.54, 1.807) is 0 Å². The first-order valence-corrected chi connectivity index (χ1v) is 8.65. The minimum absolute atomic E-state index is 0.293. The van der Waals surface area contributed by atoms with Gasteiger partial charge in [-0.05, 0) is 73.1 Å². The molecule has 1 heterocycles. The predicted molar refractivity (Wildman–Crippen MR) is 78.9 cm³/mol. The zero-order valence-corrected chi connectivity index (χ0v) is 12.6. The van der Waals surface area contributed by atoms with Gasteiger partial charge in [0.15, 0.2) is 5.78 Å². The average Bonchev–Trinajstić information content (AvgIpc) is 2.72. The number of ketones is 1. The Morgan fingerprint density at radius 1 is 1.21 bits per heavy atom. The van der Waals surface area contributed by atoms with E-state index >= 15 is 0 Å². The largest absolute Gasteiger partial charge is 0.293 e. The van der Waals surface area contributed by atoms with Gasteiger partial charge in [-0.3, -0.25) is 4.79 Å². The normalized spacial score (nSPS) is 39.7. The van der Waals surface area contributed by atoms with Crippen molar-refractivity contribution >= 4 is 28.7 Å². The summed E-state index contributed by atoms with van der Waals surface area (Å²) in [5.41, 5.74) is 0.332. The Morgan fingerprint density at radius 2 is 1.79 bits per heavy atom. The Labute approximate surface area is 123 Å². The molecule has 1 nitrogen and oxygen atoms in total. The van der Waals surface area contributed by atoms with Gasteiger partial charge in [0.1, 0.15) is 0 Å². The Morgan fingerprint density at radius 3 is 2.26 bits per heavy atom. The van der Waals surface area contributed by atoms with Crippen LogP contribution in [0.3, 0.4) is 0 Å². The van der Waals surface area contributed by atoms with Crippen LogP contribution in [-0.2, 0) is 0 Å². The minimum atomic E-state index is 0.293. The molecule has 1 aromatic rings. The number of hydrogen-bond acceptors (Lipinski definition) is 2. The Balaban J connectivity index is 1.56. The highest BCUT2D eigenvalue weighted by atomic mass is 35.5. The lowest BCUT2D eigenvalue weighted by Crippen LogP contribution is -2.46. The van der Waals surface area contributed by atoms with Crippen LogP contribution in [0.25, 0.3) is 0 Å². The zero-order valence-electron chi connectivity index (χ0n) is 11.0. The second-order valence-electron chi connectivity index (χ2n) is 7.12. The highest BCUT2D eigenvalue weighted by Gasteiger charge is 2.51. The quantitative estimate of drug-likeness (QED) is 0.701. The van der Waals surface area contributed by atoms with Crippen molar-refractivity contribution in [2.75, 3.05) is 0 Å². The van der Waals surface area contributed by atoms with Crippen molar-refractivity contribution in [2.24, 2.45) is 23.2 Å². The first-order chi connectivity index (χ1) is 9.13. The predicted octanol–water partition coefficient (Wildman–Crippen LogP) is 5.19. The van der Waals surface area contributed by atoms with Crippen LogP contribution in [0.1, 0.15) is 54.6 Å². The van der Waals surface area contributed by atoms with Crippen LogP contribution in [0.15, 0.2) is 11.4 Å². The molecule has 4 fully saturated rings. The number of halogens is 1. The zero-order chi connectivity index (χ0) is 13.0. The Kier molecular flexibility index (Phi) is 2.82. The molecule has 19 heavy (non-hydrogen) atoms. The van der Waals surface area contributed by atoms with E-state index in [1.165, 1.54) is 49.9 Å².